The Morgan fingerprint density at radius 1 is 1.50 bits per heavy atom. The van der Waals surface area contributed by atoms with Crippen molar-refractivity contribution < 1.29 is 14.3 Å². The molecular weight excluding hydrogens is 110 g/mol. The quantitative estimate of drug-likeness (QED) is 0.469. The zero-order valence-corrected chi connectivity index (χ0v) is 4.14. The molecule has 8 heavy (non-hydrogen) atoms. The Balaban J connectivity index is 2.45. The number of hydrogen-bond donors (Lipinski definition) is 1. The lowest BCUT2D eigenvalue weighted by Gasteiger charge is -2.09. The van der Waals surface area contributed by atoms with Crippen LogP contribution in [0.25, 0.3) is 0 Å². The van der Waals surface area contributed by atoms with E-state index in [2.05, 4.69) is 4.74 Å². The van der Waals surface area contributed by atoms with Crippen molar-refractivity contribution in [2.24, 2.45) is 0 Å². The van der Waals surface area contributed by atoms with E-state index in [1.54, 1.807) is 0 Å². The average molecular weight is 115 g/mol. The minimum Gasteiger partial charge on any atom is -0.449 e. The Morgan fingerprint density at radius 3 is 2.62 bits per heavy atom. The maximum absolute atomic E-state index is 10.3. The van der Waals surface area contributed by atoms with E-state index in [-0.39, 0.29) is 18.9 Å². The van der Waals surface area contributed by atoms with Gasteiger partial charge in [-0.2, -0.15) is 0 Å². The van der Waals surface area contributed by atoms with Crippen LogP contribution in [0, 0.1) is 0 Å². The minimum absolute atomic E-state index is 0.213. The summed E-state index contributed by atoms with van der Waals surface area (Å²) in [5.74, 6) is -0.263. The molecule has 0 bridgehead atoms. The number of rotatable bonds is 0. The zero-order valence-electron chi connectivity index (χ0n) is 4.14. The summed E-state index contributed by atoms with van der Waals surface area (Å²) in [5.41, 5.74) is 0. The molecule has 0 radical (unpaired) electrons. The van der Waals surface area contributed by atoms with E-state index in [1.807, 2.05) is 5.32 Å². The smallest absolute Gasteiger partial charge is 0.413 e. The van der Waals surface area contributed by atoms with Gasteiger partial charge in [-0.1, -0.05) is 0 Å². The van der Waals surface area contributed by atoms with Crippen molar-refractivity contribution in [1.82, 2.24) is 5.32 Å². The van der Waals surface area contributed by atoms with Crippen molar-refractivity contribution in [1.29, 1.82) is 0 Å². The molecule has 4 nitrogen and oxygen atoms in total. The average Bonchev–Trinajstić information content (AvgIpc) is 1.64. The largest absolute Gasteiger partial charge is 0.449 e. The third-order valence-electron chi connectivity index (χ3n) is 0.804. The summed E-state index contributed by atoms with van der Waals surface area (Å²) < 4.78 is 4.38. The van der Waals surface area contributed by atoms with Crippen LogP contribution in [-0.2, 0) is 9.53 Å². The van der Waals surface area contributed by atoms with E-state index in [4.69, 9.17) is 0 Å². The Labute approximate surface area is 45.8 Å². The number of cyclic esters (lactones) is 1. The molecule has 2 amide bonds. The molecule has 0 saturated carbocycles. The Kier molecular flexibility index (Phi) is 1.15. The second-order valence-corrected chi connectivity index (χ2v) is 1.43. The first-order valence-electron chi connectivity index (χ1n) is 2.25. The number of carbonyl (C=O) groups is 2. The number of alkyl carbamates (subject to hydrolysis) is 1. The van der Waals surface area contributed by atoms with E-state index < -0.39 is 6.09 Å². The highest BCUT2D eigenvalue weighted by molar-refractivity contribution is 5.93. The fourth-order valence-corrected chi connectivity index (χ4v) is 0.449. The molecule has 1 saturated heterocycles. The normalized spacial score (nSPS) is 19.5. The molecule has 1 fully saturated rings. The first-order valence-corrected chi connectivity index (χ1v) is 2.25. The van der Waals surface area contributed by atoms with Crippen LogP contribution >= 0.6 is 0 Å². The molecule has 44 valence electrons. The lowest BCUT2D eigenvalue weighted by molar-refractivity contribution is -0.122. The standard InChI is InChI=1S/C4H5NO3/c6-3-1-2-8-4(7)5-3/h1-2H2,(H,5,6,7). The van der Waals surface area contributed by atoms with Gasteiger partial charge in [-0.05, 0) is 0 Å². The molecule has 0 aromatic heterocycles. The summed E-state index contributed by atoms with van der Waals surface area (Å²) in [6.07, 6.45) is -0.354. The summed E-state index contributed by atoms with van der Waals surface area (Å²) in [7, 11) is 0. The SMILES string of the molecule is O=C1CCOC(=O)N1. The number of hydrogen-bond acceptors (Lipinski definition) is 3. The number of imide groups is 1. The van der Waals surface area contributed by atoms with E-state index in [0.29, 0.717) is 0 Å². The first kappa shape index (κ1) is 5.08. The van der Waals surface area contributed by atoms with E-state index in [0.717, 1.165) is 0 Å². The van der Waals surface area contributed by atoms with Crippen LogP contribution in [0.3, 0.4) is 0 Å². The fraction of sp³-hybridized carbons (Fsp3) is 0.500. The lowest BCUT2D eigenvalue weighted by atomic mass is 10.4. The second kappa shape index (κ2) is 1.81. The van der Waals surface area contributed by atoms with Crippen molar-refractivity contribution in [2.75, 3.05) is 6.61 Å². The molecule has 1 N–H and O–H groups in total. The van der Waals surface area contributed by atoms with Crippen LogP contribution in [0.1, 0.15) is 6.42 Å². The van der Waals surface area contributed by atoms with Gasteiger partial charge >= 0.3 is 6.09 Å². The lowest BCUT2D eigenvalue weighted by Crippen LogP contribution is -2.36. The summed E-state index contributed by atoms with van der Waals surface area (Å²) in [6, 6.07) is 0. The number of ether oxygens (including phenoxy) is 1. The maximum Gasteiger partial charge on any atom is 0.413 e. The highest BCUT2D eigenvalue weighted by Gasteiger charge is 2.14. The monoisotopic (exact) mass is 115 g/mol. The first-order chi connectivity index (χ1) is 3.79. The van der Waals surface area contributed by atoms with Crippen LogP contribution in [0.2, 0.25) is 0 Å². The van der Waals surface area contributed by atoms with Crippen molar-refractivity contribution >= 4 is 12.0 Å². The molecular formula is C4H5NO3. The van der Waals surface area contributed by atoms with Gasteiger partial charge in [0.15, 0.2) is 0 Å². The van der Waals surface area contributed by atoms with Crippen LogP contribution in [0.4, 0.5) is 4.79 Å². The summed E-state index contributed by atoms with van der Waals surface area (Å²) in [4.78, 5) is 20.4. The summed E-state index contributed by atoms with van der Waals surface area (Å²) in [5, 5.41) is 1.98. The Bertz CT molecular complexity index is 117. The third-order valence-corrected chi connectivity index (χ3v) is 0.804. The van der Waals surface area contributed by atoms with Gasteiger partial charge in [0.1, 0.15) is 6.61 Å². The maximum atomic E-state index is 10.3. The van der Waals surface area contributed by atoms with Crippen LogP contribution in [-0.4, -0.2) is 18.6 Å². The molecule has 0 unspecified atom stereocenters. The topological polar surface area (TPSA) is 55.4 Å². The van der Waals surface area contributed by atoms with Gasteiger partial charge in [-0.3, -0.25) is 10.1 Å². The second-order valence-electron chi connectivity index (χ2n) is 1.43. The van der Waals surface area contributed by atoms with Gasteiger partial charge in [0.25, 0.3) is 0 Å². The van der Waals surface area contributed by atoms with E-state index in [9.17, 15) is 9.59 Å². The molecule has 0 aromatic carbocycles. The summed E-state index contributed by atoms with van der Waals surface area (Å²) >= 11 is 0. The minimum atomic E-state index is -0.638. The molecule has 1 heterocycles. The molecule has 0 atom stereocenters. The van der Waals surface area contributed by atoms with Gasteiger partial charge in [-0.25, -0.2) is 4.79 Å². The van der Waals surface area contributed by atoms with Gasteiger partial charge in [0.2, 0.25) is 5.91 Å². The number of amides is 2. The number of carbonyl (C=O) groups excluding carboxylic acids is 2. The summed E-state index contributed by atoms with van der Waals surface area (Å²) in [6.45, 7) is 0.213. The van der Waals surface area contributed by atoms with Crippen LogP contribution in [0.5, 0.6) is 0 Å². The van der Waals surface area contributed by atoms with Crippen molar-refractivity contribution in [2.45, 2.75) is 6.42 Å². The highest BCUT2D eigenvalue weighted by Crippen LogP contribution is 1.90. The predicted molar refractivity (Wildman–Crippen MR) is 24.1 cm³/mol. The van der Waals surface area contributed by atoms with E-state index in [1.165, 1.54) is 0 Å². The molecule has 0 aliphatic carbocycles. The molecule has 0 spiro atoms. The van der Waals surface area contributed by atoms with Gasteiger partial charge in [0.05, 0.1) is 6.42 Å². The van der Waals surface area contributed by atoms with Crippen molar-refractivity contribution in [3.05, 3.63) is 0 Å². The molecule has 1 aliphatic rings. The molecule has 1 rings (SSSR count). The van der Waals surface area contributed by atoms with Gasteiger partial charge in [-0.15, -0.1) is 0 Å². The van der Waals surface area contributed by atoms with Gasteiger partial charge in [0, 0.05) is 0 Å². The Hall–Kier alpha value is -1.06. The molecule has 0 aromatic rings. The van der Waals surface area contributed by atoms with E-state index >= 15 is 0 Å². The number of nitrogens with one attached hydrogen (secondary N) is 1. The zero-order chi connectivity index (χ0) is 5.98. The molecule has 1 aliphatic heterocycles. The van der Waals surface area contributed by atoms with Crippen LogP contribution in [0.15, 0.2) is 0 Å². The van der Waals surface area contributed by atoms with Gasteiger partial charge < -0.3 is 4.74 Å². The van der Waals surface area contributed by atoms with Crippen molar-refractivity contribution in [3.8, 4) is 0 Å². The predicted octanol–water partition coefficient (Wildman–Crippen LogP) is -0.357. The van der Waals surface area contributed by atoms with Crippen LogP contribution < -0.4 is 5.32 Å². The third kappa shape index (κ3) is 0.959. The highest BCUT2D eigenvalue weighted by atomic mass is 16.6. The van der Waals surface area contributed by atoms with Crippen molar-refractivity contribution in [3.63, 3.8) is 0 Å². The Morgan fingerprint density at radius 2 is 2.25 bits per heavy atom. The fourth-order valence-electron chi connectivity index (χ4n) is 0.449. The molecule has 4 heteroatoms.